The zero-order chi connectivity index (χ0) is 13.6. The summed E-state index contributed by atoms with van der Waals surface area (Å²) in [5.74, 6) is -0.257. The van der Waals surface area contributed by atoms with Crippen LogP contribution in [0.1, 0.15) is 26.5 Å². The van der Waals surface area contributed by atoms with Crippen LogP contribution < -0.4 is 4.74 Å². The average molecular weight is 258 g/mol. The highest BCUT2D eigenvalue weighted by Crippen LogP contribution is 2.25. The standard InChI is InChI=1S/C12H13F3N2O/c1-11(2,3)9-7-17-6-8(18-12(13,14)15)4-5-10(17)16-9/h4-7H,1-3H3. The molecule has 3 nitrogen and oxygen atoms in total. The minimum absolute atomic E-state index is 0.156. The van der Waals surface area contributed by atoms with Gasteiger partial charge >= 0.3 is 6.36 Å². The first-order valence-corrected chi connectivity index (χ1v) is 5.40. The van der Waals surface area contributed by atoms with E-state index >= 15 is 0 Å². The topological polar surface area (TPSA) is 26.5 Å². The van der Waals surface area contributed by atoms with Crippen LogP contribution in [0.3, 0.4) is 0 Å². The Morgan fingerprint density at radius 2 is 1.78 bits per heavy atom. The molecule has 0 aliphatic heterocycles. The van der Waals surface area contributed by atoms with E-state index in [1.54, 1.807) is 6.20 Å². The van der Waals surface area contributed by atoms with E-state index in [1.807, 2.05) is 20.8 Å². The average Bonchev–Trinajstić information content (AvgIpc) is 2.57. The van der Waals surface area contributed by atoms with Gasteiger partial charge in [0.1, 0.15) is 11.4 Å². The van der Waals surface area contributed by atoms with Gasteiger partial charge in [-0.2, -0.15) is 0 Å². The summed E-state index contributed by atoms with van der Waals surface area (Å²) in [4.78, 5) is 4.35. The van der Waals surface area contributed by atoms with E-state index in [0.29, 0.717) is 5.65 Å². The molecule has 0 spiro atoms. The molecule has 0 fully saturated rings. The predicted molar refractivity (Wildman–Crippen MR) is 60.6 cm³/mol. The Kier molecular flexibility index (Phi) is 2.76. The van der Waals surface area contributed by atoms with Crippen molar-refractivity contribution in [3.8, 4) is 5.75 Å². The fraction of sp³-hybridized carbons (Fsp3) is 0.417. The van der Waals surface area contributed by atoms with Crippen LogP contribution in [0.4, 0.5) is 13.2 Å². The highest BCUT2D eigenvalue weighted by molar-refractivity contribution is 5.44. The Hall–Kier alpha value is -1.72. The normalized spacial score (nSPS) is 13.0. The summed E-state index contributed by atoms with van der Waals surface area (Å²) in [6.45, 7) is 5.96. The molecule has 6 heteroatoms. The zero-order valence-electron chi connectivity index (χ0n) is 10.2. The number of rotatable bonds is 1. The number of halogens is 3. The number of nitrogens with zero attached hydrogens (tertiary/aromatic N) is 2. The summed E-state index contributed by atoms with van der Waals surface area (Å²) in [5, 5.41) is 0. The van der Waals surface area contributed by atoms with Crippen molar-refractivity contribution < 1.29 is 17.9 Å². The van der Waals surface area contributed by atoms with Gasteiger partial charge in [0.2, 0.25) is 0 Å². The smallest absolute Gasteiger partial charge is 0.404 e. The second-order valence-corrected chi connectivity index (χ2v) is 5.05. The van der Waals surface area contributed by atoms with Gasteiger partial charge in [-0.25, -0.2) is 4.98 Å². The molecule has 0 unspecified atom stereocenters. The Morgan fingerprint density at radius 1 is 1.11 bits per heavy atom. The van der Waals surface area contributed by atoms with Crippen LogP contribution in [0.5, 0.6) is 5.75 Å². The van der Waals surface area contributed by atoms with Crippen LogP contribution in [0, 0.1) is 0 Å². The number of ether oxygens (including phenoxy) is 1. The lowest BCUT2D eigenvalue weighted by molar-refractivity contribution is -0.274. The number of hydrogen-bond acceptors (Lipinski definition) is 2. The molecule has 0 N–H and O–H groups in total. The Labute approximate surface area is 102 Å². The summed E-state index contributed by atoms with van der Waals surface area (Å²) >= 11 is 0. The van der Waals surface area contributed by atoms with Crippen LogP contribution in [0.2, 0.25) is 0 Å². The second-order valence-electron chi connectivity index (χ2n) is 5.05. The molecule has 0 bridgehead atoms. The third-order valence-electron chi connectivity index (χ3n) is 2.43. The van der Waals surface area contributed by atoms with Crippen molar-refractivity contribution in [3.63, 3.8) is 0 Å². The first-order valence-electron chi connectivity index (χ1n) is 5.40. The van der Waals surface area contributed by atoms with Crippen molar-refractivity contribution in [2.24, 2.45) is 0 Å². The van der Waals surface area contributed by atoms with Gasteiger partial charge in [-0.05, 0) is 12.1 Å². The molecule has 0 saturated carbocycles. The molecule has 0 saturated heterocycles. The maximum atomic E-state index is 12.1. The predicted octanol–water partition coefficient (Wildman–Crippen LogP) is 3.53. The molecule has 0 radical (unpaired) electrons. The first kappa shape index (κ1) is 12.7. The summed E-state index contributed by atoms with van der Waals surface area (Å²) in [7, 11) is 0. The van der Waals surface area contributed by atoms with Gasteiger partial charge in [0.25, 0.3) is 0 Å². The number of alkyl halides is 3. The van der Waals surface area contributed by atoms with E-state index in [4.69, 9.17) is 0 Å². The van der Waals surface area contributed by atoms with Crippen LogP contribution >= 0.6 is 0 Å². The zero-order valence-corrected chi connectivity index (χ0v) is 10.2. The van der Waals surface area contributed by atoms with Crippen LogP contribution in [0.15, 0.2) is 24.5 Å². The molecule has 98 valence electrons. The van der Waals surface area contributed by atoms with Crippen molar-refractivity contribution in [1.82, 2.24) is 9.38 Å². The molecular formula is C12H13F3N2O. The summed E-state index contributed by atoms with van der Waals surface area (Å²) in [5.41, 5.74) is 1.25. The van der Waals surface area contributed by atoms with Crippen molar-refractivity contribution in [2.75, 3.05) is 0 Å². The molecule has 2 aromatic rings. The highest BCUT2D eigenvalue weighted by Gasteiger charge is 2.31. The largest absolute Gasteiger partial charge is 0.573 e. The monoisotopic (exact) mass is 258 g/mol. The van der Waals surface area contributed by atoms with Gasteiger partial charge in [0.15, 0.2) is 0 Å². The van der Waals surface area contributed by atoms with Crippen molar-refractivity contribution in [1.29, 1.82) is 0 Å². The van der Waals surface area contributed by atoms with Gasteiger partial charge in [-0.1, -0.05) is 20.8 Å². The molecule has 18 heavy (non-hydrogen) atoms. The lowest BCUT2D eigenvalue weighted by Crippen LogP contribution is -2.17. The van der Waals surface area contributed by atoms with Crippen LogP contribution in [-0.4, -0.2) is 15.7 Å². The molecule has 0 aromatic carbocycles. The van der Waals surface area contributed by atoms with Gasteiger partial charge in [-0.15, -0.1) is 13.2 Å². The van der Waals surface area contributed by atoms with E-state index in [9.17, 15) is 13.2 Å². The maximum Gasteiger partial charge on any atom is 0.573 e. The van der Waals surface area contributed by atoms with Gasteiger partial charge < -0.3 is 9.14 Å². The van der Waals surface area contributed by atoms with E-state index in [-0.39, 0.29) is 11.2 Å². The molecule has 2 heterocycles. The molecule has 0 amide bonds. The summed E-state index contributed by atoms with van der Waals surface area (Å²) < 4.78 is 41.7. The van der Waals surface area contributed by atoms with E-state index in [1.165, 1.54) is 22.7 Å². The Morgan fingerprint density at radius 3 is 2.33 bits per heavy atom. The second kappa shape index (κ2) is 3.90. The van der Waals surface area contributed by atoms with Gasteiger partial charge in [-0.3, -0.25) is 0 Å². The van der Waals surface area contributed by atoms with Gasteiger partial charge in [0, 0.05) is 11.6 Å². The third-order valence-corrected chi connectivity index (χ3v) is 2.43. The molecular weight excluding hydrogens is 245 g/mol. The lowest BCUT2D eigenvalue weighted by atomic mass is 9.93. The highest BCUT2D eigenvalue weighted by atomic mass is 19.4. The van der Waals surface area contributed by atoms with Crippen LogP contribution in [-0.2, 0) is 5.41 Å². The number of hydrogen-bond donors (Lipinski definition) is 0. The number of fused-ring (bicyclic) bond motifs is 1. The molecule has 2 aromatic heterocycles. The quantitative estimate of drug-likeness (QED) is 0.782. The van der Waals surface area contributed by atoms with Crippen molar-refractivity contribution in [2.45, 2.75) is 32.5 Å². The minimum Gasteiger partial charge on any atom is -0.404 e. The Balaban J connectivity index is 2.40. The molecule has 0 aliphatic carbocycles. The fourth-order valence-electron chi connectivity index (χ4n) is 1.53. The van der Waals surface area contributed by atoms with Crippen LogP contribution in [0.25, 0.3) is 5.65 Å². The Bertz CT molecular complexity index is 567. The lowest BCUT2D eigenvalue weighted by Gasteiger charge is -2.13. The number of imidazole rings is 1. The maximum absolute atomic E-state index is 12.1. The molecule has 0 aliphatic rings. The van der Waals surface area contributed by atoms with E-state index in [2.05, 4.69) is 9.72 Å². The van der Waals surface area contributed by atoms with Crippen molar-refractivity contribution in [3.05, 3.63) is 30.2 Å². The van der Waals surface area contributed by atoms with E-state index < -0.39 is 6.36 Å². The molecule has 2 rings (SSSR count). The van der Waals surface area contributed by atoms with E-state index in [0.717, 1.165) is 5.69 Å². The summed E-state index contributed by atoms with van der Waals surface area (Å²) in [6, 6.07) is 2.75. The fourth-order valence-corrected chi connectivity index (χ4v) is 1.53. The summed E-state index contributed by atoms with van der Waals surface area (Å²) in [6.07, 6.45) is -1.70. The number of pyridine rings is 1. The van der Waals surface area contributed by atoms with Gasteiger partial charge in [0.05, 0.1) is 11.9 Å². The minimum atomic E-state index is -4.68. The number of aromatic nitrogens is 2. The first-order chi connectivity index (χ1) is 8.15. The molecule has 0 atom stereocenters. The third kappa shape index (κ3) is 2.75. The van der Waals surface area contributed by atoms with Crippen molar-refractivity contribution >= 4 is 5.65 Å². The SMILES string of the molecule is CC(C)(C)c1cn2cc(OC(F)(F)F)ccc2n1.